The zero-order chi connectivity index (χ0) is 19.2. The number of nitrogens with zero attached hydrogens (tertiary/aromatic N) is 4. The number of benzene rings is 1. The summed E-state index contributed by atoms with van der Waals surface area (Å²) in [7, 11) is 0. The van der Waals surface area contributed by atoms with Gasteiger partial charge in [-0.05, 0) is 24.6 Å². The molecule has 9 heteroatoms. The van der Waals surface area contributed by atoms with Crippen LogP contribution in [0.3, 0.4) is 0 Å². The summed E-state index contributed by atoms with van der Waals surface area (Å²) in [5.74, 6) is -0.231. The summed E-state index contributed by atoms with van der Waals surface area (Å²) < 4.78 is 13.5. The van der Waals surface area contributed by atoms with Crippen LogP contribution in [0.2, 0.25) is 0 Å². The van der Waals surface area contributed by atoms with Gasteiger partial charge in [-0.25, -0.2) is 9.37 Å². The molecule has 3 rings (SSSR count). The molecule has 3 N–H and O–H groups in total. The molecule has 1 aromatic carbocycles. The number of rotatable bonds is 5. The molecule has 0 bridgehead atoms. The number of carbonyl (C=O) groups excluding carboxylic acids is 1. The highest BCUT2D eigenvalue weighted by molar-refractivity contribution is 7.13. The lowest BCUT2D eigenvalue weighted by Crippen LogP contribution is -2.51. The normalized spacial score (nSPS) is 15.1. The van der Waals surface area contributed by atoms with Crippen LogP contribution >= 0.6 is 11.3 Å². The number of halogens is 1. The smallest absolute Gasteiger partial charge is 0.251 e. The number of thiazole rings is 1. The lowest BCUT2D eigenvalue weighted by atomic mass is 10.1. The van der Waals surface area contributed by atoms with Crippen LogP contribution in [0.25, 0.3) is 0 Å². The van der Waals surface area contributed by atoms with Gasteiger partial charge in [-0.2, -0.15) is 0 Å². The molecule has 7 nitrogen and oxygen atoms in total. The van der Waals surface area contributed by atoms with E-state index in [1.54, 1.807) is 30.4 Å². The van der Waals surface area contributed by atoms with Gasteiger partial charge in [0, 0.05) is 49.9 Å². The van der Waals surface area contributed by atoms with Crippen molar-refractivity contribution < 1.29 is 9.18 Å². The Morgan fingerprint density at radius 2 is 2.15 bits per heavy atom. The molecule has 0 unspecified atom stereocenters. The number of amides is 1. The maximum absolute atomic E-state index is 13.5. The number of aromatic nitrogens is 1. The molecule has 1 aliphatic heterocycles. The fourth-order valence-corrected chi connectivity index (χ4v) is 3.47. The van der Waals surface area contributed by atoms with Crippen LogP contribution in [0.1, 0.15) is 15.9 Å². The first kappa shape index (κ1) is 19.1. The Morgan fingerprint density at radius 1 is 1.37 bits per heavy atom. The summed E-state index contributed by atoms with van der Waals surface area (Å²) >= 11 is 1.63. The standard InChI is InChI=1S/C18H23FN6OS/c1-13-2-3-14(12-15(13)19)16(26)21-4-5-22-17(20)24-7-9-25(10-8-24)18-23-6-11-27-18/h2-3,6,11-12H,4-5,7-10H2,1H3,(H2,20,22)(H,21,26). The van der Waals surface area contributed by atoms with Crippen molar-refractivity contribution in [2.24, 2.45) is 10.7 Å². The number of nitrogens with two attached hydrogens (primary N) is 1. The molecule has 0 aliphatic carbocycles. The van der Waals surface area contributed by atoms with E-state index in [1.165, 1.54) is 6.07 Å². The van der Waals surface area contributed by atoms with E-state index >= 15 is 0 Å². The average molecular weight is 390 g/mol. The first-order chi connectivity index (χ1) is 13.0. The predicted molar refractivity (Wildman–Crippen MR) is 106 cm³/mol. The second-order valence-corrected chi connectivity index (χ2v) is 7.12. The monoisotopic (exact) mass is 390 g/mol. The van der Waals surface area contributed by atoms with Gasteiger partial charge in [0.15, 0.2) is 11.1 Å². The van der Waals surface area contributed by atoms with E-state index in [0.717, 1.165) is 31.3 Å². The highest BCUT2D eigenvalue weighted by atomic mass is 32.1. The van der Waals surface area contributed by atoms with Crippen molar-refractivity contribution in [2.75, 3.05) is 44.2 Å². The van der Waals surface area contributed by atoms with Crippen LogP contribution in [0.15, 0.2) is 34.8 Å². The SMILES string of the molecule is Cc1ccc(C(=O)NCCN=C(N)N2CCN(c3nccs3)CC2)cc1F. The molecule has 2 aromatic rings. The summed E-state index contributed by atoms with van der Waals surface area (Å²) in [6.45, 7) is 5.63. The lowest BCUT2D eigenvalue weighted by molar-refractivity contribution is 0.0954. The van der Waals surface area contributed by atoms with Crippen molar-refractivity contribution in [3.8, 4) is 0 Å². The Labute approximate surface area is 161 Å². The third-order valence-corrected chi connectivity index (χ3v) is 5.23. The third kappa shape index (κ3) is 4.94. The predicted octanol–water partition coefficient (Wildman–Crippen LogP) is 1.46. The summed E-state index contributed by atoms with van der Waals surface area (Å²) in [6.07, 6.45) is 1.81. The number of hydrogen-bond acceptors (Lipinski definition) is 5. The Hall–Kier alpha value is -2.68. The van der Waals surface area contributed by atoms with Gasteiger partial charge in [-0.1, -0.05) is 6.07 Å². The number of aliphatic imine (C=N–C) groups is 1. The maximum atomic E-state index is 13.5. The Balaban J connectivity index is 1.42. The van der Waals surface area contributed by atoms with Crippen molar-refractivity contribution in [2.45, 2.75) is 6.92 Å². The third-order valence-electron chi connectivity index (χ3n) is 4.40. The average Bonchev–Trinajstić information content (AvgIpc) is 3.22. The molecule has 27 heavy (non-hydrogen) atoms. The van der Waals surface area contributed by atoms with Gasteiger partial charge in [-0.15, -0.1) is 11.3 Å². The van der Waals surface area contributed by atoms with E-state index in [9.17, 15) is 9.18 Å². The lowest BCUT2D eigenvalue weighted by Gasteiger charge is -2.35. The van der Waals surface area contributed by atoms with Crippen molar-refractivity contribution in [3.63, 3.8) is 0 Å². The number of aryl methyl sites for hydroxylation is 1. The number of carbonyl (C=O) groups is 1. The van der Waals surface area contributed by atoms with Crippen LogP contribution in [-0.2, 0) is 0 Å². The van der Waals surface area contributed by atoms with E-state index in [1.807, 2.05) is 16.5 Å². The first-order valence-corrected chi connectivity index (χ1v) is 9.66. The minimum absolute atomic E-state index is 0.299. The molecule has 144 valence electrons. The zero-order valence-corrected chi connectivity index (χ0v) is 16.0. The second kappa shape index (κ2) is 8.81. The maximum Gasteiger partial charge on any atom is 0.251 e. The molecule has 1 fully saturated rings. The number of anilines is 1. The van der Waals surface area contributed by atoms with Crippen LogP contribution in [0, 0.1) is 12.7 Å². The fourth-order valence-electron chi connectivity index (χ4n) is 2.77. The number of guanidine groups is 1. The topological polar surface area (TPSA) is 86.8 Å². The van der Waals surface area contributed by atoms with E-state index in [2.05, 4.69) is 20.2 Å². The fraction of sp³-hybridized carbons (Fsp3) is 0.389. The van der Waals surface area contributed by atoms with E-state index in [0.29, 0.717) is 30.2 Å². The molecule has 2 heterocycles. The molecule has 0 atom stereocenters. The molecule has 0 radical (unpaired) electrons. The van der Waals surface area contributed by atoms with Gasteiger partial charge in [-0.3, -0.25) is 9.79 Å². The van der Waals surface area contributed by atoms with Crippen LogP contribution in [0.5, 0.6) is 0 Å². The van der Waals surface area contributed by atoms with Crippen LogP contribution in [0.4, 0.5) is 9.52 Å². The molecule has 0 spiro atoms. The van der Waals surface area contributed by atoms with E-state index in [4.69, 9.17) is 5.73 Å². The summed E-state index contributed by atoms with van der Waals surface area (Å²) in [5, 5.41) is 5.72. The summed E-state index contributed by atoms with van der Waals surface area (Å²) in [6, 6.07) is 4.43. The van der Waals surface area contributed by atoms with Crippen molar-refractivity contribution >= 4 is 28.3 Å². The Bertz CT molecular complexity index is 802. The van der Waals surface area contributed by atoms with Gasteiger partial charge in [0.05, 0.1) is 6.54 Å². The number of nitrogens with one attached hydrogen (secondary N) is 1. The highest BCUT2D eigenvalue weighted by Crippen LogP contribution is 2.18. The van der Waals surface area contributed by atoms with E-state index in [-0.39, 0.29) is 11.7 Å². The number of hydrogen-bond donors (Lipinski definition) is 2. The van der Waals surface area contributed by atoms with Gasteiger partial charge < -0.3 is 20.9 Å². The highest BCUT2D eigenvalue weighted by Gasteiger charge is 2.19. The molecule has 1 saturated heterocycles. The van der Waals surface area contributed by atoms with Crippen LogP contribution < -0.4 is 16.0 Å². The molecule has 1 aromatic heterocycles. The van der Waals surface area contributed by atoms with Crippen molar-refractivity contribution in [1.29, 1.82) is 0 Å². The van der Waals surface area contributed by atoms with E-state index < -0.39 is 0 Å². The molecule has 0 saturated carbocycles. The zero-order valence-electron chi connectivity index (χ0n) is 15.2. The van der Waals surface area contributed by atoms with Crippen molar-refractivity contribution in [1.82, 2.24) is 15.2 Å². The molecule has 1 aliphatic rings. The molecular formula is C18H23FN6OS. The summed E-state index contributed by atoms with van der Waals surface area (Å²) in [4.78, 5) is 24.9. The van der Waals surface area contributed by atoms with Gasteiger partial charge in [0.25, 0.3) is 5.91 Å². The summed E-state index contributed by atoms with van der Waals surface area (Å²) in [5.41, 5.74) is 6.87. The first-order valence-electron chi connectivity index (χ1n) is 8.78. The number of piperazine rings is 1. The van der Waals surface area contributed by atoms with Gasteiger partial charge in [0.1, 0.15) is 5.82 Å². The largest absolute Gasteiger partial charge is 0.370 e. The molecular weight excluding hydrogens is 367 g/mol. The quantitative estimate of drug-likeness (QED) is 0.459. The van der Waals surface area contributed by atoms with Crippen molar-refractivity contribution in [3.05, 3.63) is 46.7 Å². The Kier molecular flexibility index (Phi) is 6.23. The minimum Gasteiger partial charge on any atom is -0.370 e. The van der Waals surface area contributed by atoms with Gasteiger partial charge in [0.2, 0.25) is 0 Å². The molecule has 1 amide bonds. The minimum atomic E-state index is -0.387. The van der Waals surface area contributed by atoms with Gasteiger partial charge >= 0.3 is 0 Å². The Morgan fingerprint density at radius 3 is 2.81 bits per heavy atom. The van der Waals surface area contributed by atoms with Crippen LogP contribution in [-0.4, -0.2) is 61.0 Å². The second-order valence-electron chi connectivity index (χ2n) is 6.25.